The van der Waals surface area contributed by atoms with Crippen molar-refractivity contribution in [1.29, 1.82) is 0 Å². The van der Waals surface area contributed by atoms with E-state index in [9.17, 15) is 8.78 Å². The lowest BCUT2D eigenvalue weighted by molar-refractivity contribution is 0.160. The average molecular weight is 224 g/mol. The van der Waals surface area contributed by atoms with E-state index < -0.39 is 23.8 Å². The van der Waals surface area contributed by atoms with Crippen LogP contribution in [-0.4, -0.2) is 11.2 Å². The normalized spacial score (nSPS) is 14.4. The molecule has 1 rings (SSSR count). The molecule has 0 unspecified atom stereocenters. The fourth-order valence-corrected chi connectivity index (χ4v) is 1.07. The van der Waals surface area contributed by atoms with E-state index in [-0.39, 0.29) is 18.0 Å². The Kier molecular flexibility index (Phi) is 4.97. The van der Waals surface area contributed by atoms with Crippen molar-refractivity contribution in [2.45, 2.75) is 19.1 Å². The standard InChI is InChI=1S/C9H11F2NO.ClH/c1-5(13)9(12)8-6(10)3-2-4-7(8)11;/h2-5,9,13H,12H2,1H3;1H/t5-,9-;/m0./s1. The number of rotatable bonds is 2. The molecule has 1 aromatic carbocycles. The Balaban J connectivity index is 0.00000169. The monoisotopic (exact) mass is 223 g/mol. The molecular weight excluding hydrogens is 212 g/mol. The summed E-state index contributed by atoms with van der Waals surface area (Å²) >= 11 is 0. The van der Waals surface area contributed by atoms with E-state index in [1.165, 1.54) is 13.0 Å². The Morgan fingerprint density at radius 3 is 2.07 bits per heavy atom. The van der Waals surface area contributed by atoms with E-state index in [1.807, 2.05) is 0 Å². The second kappa shape index (κ2) is 5.24. The van der Waals surface area contributed by atoms with Gasteiger partial charge < -0.3 is 10.8 Å². The van der Waals surface area contributed by atoms with E-state index in [2.05, 4.69) is 0 Å². The molecule has 0 aliphatic heterocycles. The van der Waals surface area contributed by atoms with Gasteiger partial charge in [-0.05, 0) is 19.1 Å². The first-order valence-corrected chi connectivity index (χ1v) is 3.91. The smallest absolute Gasteiger partial charge is 0.131 e. The van der Waals surface area contributed by atoms with Crippen molar-refractivity contribution in [2.75, 3.05) is 0 Å². The zero-order valence-electron chi connectivity index (χ0n) is 7.58. The van der Waals surface area contributed by atoms with Crippen LogP contribution in [0.5, 0.6) is 0 Å². The Morgan fingerprint density at radius 1 is 1.29 bits per heavy atom. The number of hydrogen-bond donors (Lipinski definition) is 2. The van der Waals surface area contributed by atoms with Crippen LogP contribution in [-0.2, 0) is 0 Å². The van der Waals surface area contributed by atoms with Gasteiger partial charge in [0.1, 0.15) is 11.6 Å². The highest BCUT2D eigenvalue weighted by Gasteiger charge is 2.19. The van der Waals surface area contributed by atoms with Crippen LogP contribution in [0.25, 0.3) is 0 Å². The largest absolute Gasteiger partial charge is 0.391 e. The highest BCUT2D eigenvalue weighted by molar-refractivity contribution is 5.85. The highest BCUT2D eigenvalue weighted by Crippen LogP contribution is 2.20. The molecule has 2 atom stereocenters. The minimum Gasteiger partial charge on any atom is -0.391 e. The lowest BCUT2D eigenvalue weighted by atomic mass is 10.0. The van der Waals surface area contributed by atoms with E-state index >= 15 is 0 Å². The molecular formula is C9H12ClF2NO. The van der Waals surface area contributed by atoms with E-state index in [0.29, 0.717) is 0 Å². The van der Waals surface area contributed by atoms with Crippen molar-refractivity contribution in [3.05, 3.63) is 35.4 Å². The van der Waals surface area contributed by atoms with E-state index in [1.54, 1.807) is 0 Å². The molecule has 0 fully saturated rings. The fourth-order valence-electron chi connectivity index (χ4n) is 1.07. The molecule has 0 aliphatic carbocycles. The number of aliphatic hydroxyl groups is 1. The fraction of sp³-hybridized carbons (Fsp3) is 0.333. The quantitative estimate of drug-likeness (QED) is 0.803. The predicted molar refractivity (Wildman–Crippen MR) is 52.2 cm³/mol. The van der Waals surface area contributed by atoms with Crippen molar-refractivity contribution < 1.29 is 13.9 Å². The number of nitrogens with two attached hydrogens (primary N) is 1. The molecule has 3 N–H and O–H groups in total. The molecule has 1 aromatic rings. The first-order chi connectivity index (χ1) is 6.04. The van der Waals surface area contributed by atoms with Gasteiger partial charge in [-0.15, -0.1) is 12.4 Å². The minimum absolute atomic E-state index is 0. The van der Waals surface area contributed by atoms with Gasteiger partial charge in [-0.2, -0.15) is 0 Å². The lowest BCUT2D eigenvalue weighted by Gasteiger charge is -2.16. The van der Waals surface area contributed by atoms with Crippen molar-refractivity contribution in [2.24, 2.45) is 5.73 Å². The van der Waals surface area contributed by atoms with Gasteiger partial charge in [-0.25, -0.2) is 8.78 Å². The zero-order valence-corrected chi connectivity index (χ0v) is 8.39. The van der Waals surface area contributed by atoms with Crippen LogP contribution < -0.4 is 5.73 Å². The highest BCUT2D eigenvalue weighted by atomic mass is 35.5. The van der Waals surface area contributed by atoms with Gasteiger partial charge in [0, 0.05) is 5.56 Å². The van der Waals surface area contributed by atoms with Crippen LogP contribution in [0.1, 0.15) is 18.5 Å². The number of benzene rings is 1. The molecule has 80 valence electrons. The molecule has 0 spiro atoms. The lowest BCUT2D eigenvalue weighted by Crippen LogP contribution is -2.25. The van der Waals surface area contributed by atoms with Crippen LogP contribution in [0.3, 0.4) is 0 Å². The van der Waals surface area contributed by atoms with Gasteiger partial charge in [0.25, 0.3) is 0 Å². The predicted octanol–water partition coefficient (Wildman–Crippen LogP) is 1.77. The van der Waals surface area contributed by atoms with E-state index in [4.69, 9.17) is 10.8 Å². The summed E-state index contributed by atoms with van der Waals surface area (Å²) in [6, 6.07) is 2.45. The molecule has 0 saturated carbocycles. The zero-order chi connectivity index (χ0) is 10.0. The molecule has 0 bridgehead atoms. The Morgan fingerprint density at radius 2 is 1.71 bits per heavy atom. The second-order valence-electron chi connectivity index (χ2n) is 2.90. The molecule has 0 amide bonds. The molecule has 0 aromatic heterocycles. The third-order valence-electron chi connectivity index (χ3n) is 1.85. The van der Waals surface area contributed by atoms with Gasteiger partial charge >= 0.3 is 0 Å². The molecule has 0 aliphatic rings. The number of halogens is 3. The topological polar surface area (TPSA) is 46.2 Å². The summed E-state index contributed by atoms with van der Waals surface area (Å²) < 4.78 is 26.1. The summed E-state index contributed by atoms with van der Waals surface area (Å²) in [4.78, 5) is 0. The molecule has 0 saturated heterocycles. The average Bonchev–Trinajstić information content (AvgIpc) is 2.03. The second-order valence-corrected chi connectivity index (χ2v) is 2.90. The summed E-state index contributed by atoms with van der Waals surface area (Å²) in [5, 5.41) is 9.06. The third-order valence-corrected chi connectivity index (χ3v) is 1.85. The minimum atomic E-state index is -1.03. The summed E-state index contributed by atoms with van der Waals surface area (Å²) in [5.41, 5.74) is 5.14. The van der Waals surface area contributed by atoms with E-state index in [0.717, 1.165) is 12.1 Å². The molecule has 0 radical (unpaired) electrons. The number of aliphatic hydroxyl groups excluding tert-OH is 1. The van der Waals surface area contributed by atoms with Gasteiger partial charge in [0.2, 0.25) is 0 Å². The van der Waals surface area contributed by atoms with Gasteiger partial charge in [0.15, 0.2) is 0 Å². The maximum atomic E-state index is 13.0. The van der Waals surface area contributed by atoms with Crippen LogP contribution in [0, 0.1) is 11.6 Å². The molecule has 2 nitrogen and oxygen atoms in total. The summed E-state index contributed by atoms with van der Waals surface area (Å²) in [6.07, 6.45) is -0.980. The Bertz CT molecular complexity index is 287. The third kappa shape index (κ3) is 2.64. The van der Waals surface area contributed by atoms with Crippen LogP contribution >= 0.6 is 12.4 Å². The molecule has 14 heavy (non-hydrogen) atoms. The van der Waals surface area contributed by atoms with Crippen molar-refractivity contribution in [3.63, 3.8) is 0 Å². The van der Waals surface area contributed by atoms with Crippen LogP contribution in [0.4, 0.5) is 8.78 Å². The van der Waals surface area contributed by atoms with Crippen LogP contribution in [0.15, 0.2) is 18.2 Å². The molecule has 0 heterocycles. The number of hydrogen-bond acceptors (Lipinski definition) is 2. The first kappa shape index (κ1) is 13.3. The van der Waals surface area contributed by atoms with Gasteiger partial charge in [-0.3, -0.25) is 0 Å². The Labute approximate surface area is 87.1 Å². The van der Waals surface area contributed by atoms with Crippen molar-refractivity contribution in [3.8, 4) is 0 Å². The SMILES string of the molecule is C[C@H](O)[C@H](N)c1c(F)cccc1F.Cl. The maximum Gasteiger partial charge on any atom is 0.131 e. The van der Waals surface area contributed by atoms with Crippen molar-refractivity contribution >= 4 is 12.4 Å². The van der Waals surface area contributed by atoms with Crippen molar-refractivity contribution in [1.82, 2.24) is 0 Å². The summed E-state index contributed by atoms with van der Waals surface area (Å²) in [7, 11) is 0. The summed E-state index contributed by atoms with van der Waals surface area (Å²) in [5.74, 6) is -1.46. The summed E-state index contributed by atoms with van der Waals surface area (Å²) in [6.45, 7) is 1.39. The maximum absolute atomic E-state index is 13.0. The first-order valence-electron chi connectivity index (χ1n) is 3.91. The molecule has 5 heteroatoms. The Hall–Kier alpha value is -0.710. The van der Waals surface area contributed by atoms with Gasteiger partial charge in [0.05, 0.1) is 12.1 Å². The van der Waals surface area contributed by atoms with Crippen LogP contribution in [0.2, 0.25) is 0 Å². The van der Waals surface area contributed by atoms with Gasteiger partial charge in [-0.1, -0.05) is 6.07 Å².